The number of esters is 2. The molecule has 5 heteroatoms. The topological polar surface area (TPSA) is 61.8 Å². The normalized spacial score (nSPS) is 27.4. The van der Waals surface area contributed by atoms with Crippen LogP contribution in [0.25, 0.3) is 0 Å². The molecular weight excluding hydrogens is 320 g/mol. The molecule has 2 atom stereocenters. The van der Waals surface area contributed by atoms with Gasteiger partial charge in [0.25, 0.3) is 0 Å². The van der Waals surface area contributed by atoms with E-state index in [0.29, 0.717) is 32.5 Å². The Balaban J connectivity index is 1.73. The van der Waals surface area contributed by atoms with Crippen molar-refractivity contribution in [1.82, 2.24) is 0 Å². The molecular formula is C20H33O5. The minimum Gasteiger partial charge on any atom is -0.464 e. The Morgan fingerprint density at radius 3 is 2.04 bits per heavy atom. The minimum atomic E-state index is -1.02. The van der Waals surface area contributed by atoms with Crippen LogP contribution in [-0.4, -0.2) is 36.4 Å². The van der Waals surface area contributed by atoms with Crippen molar-refractivity contribution in [3.05, 3.63) is 6.42 Å². The zero-order chi connectivity index (χ0) is 18.2. The third-order valence-electron chi connectivity index (χ3n) is 5.13. The van der Waals surface area contributed by atoms with E-state index in [-0.39, 0.29) is 11.9 Å². The molecule has 5 nitrogen and oxygen atoms in total. The van der Waals surface area contributed by atoms with Crippen LogP contribution in [0.4, 0.5) is 0 Å². The van der Waals surface area contributed by atoms with Crippen molar-refractivity contribution in [2.45, 2.75) is 95.7 Å². The van der Waals surface area contributed by atoms with Crippen LogP contribution in [0.1, 0.15) is 84.5 Å². The highest BCUT2D eigenvalue weighted by atomic mass is 16.6. The predicted octanol–water partition coefficient (Wildman–Crippen LogP) is 4.13. The fraction of sp³-hybridized carbons (Fsp3) is 0.850. The lowest BCUT2D eigenvalue weighted by atomic mass is 9.68. The van der Waals surface area contributed by atoms with E-state index >= 15 is 0 Å². The zero-order valence-electron chi connectivity index (χ0n) is 15.8. The number of hydrogen-bond acceptors (Lipinski definition) is 5. The molecule has 0 aromatic heterocycles. The number of carbonyl (C=O) groups excluding carboxylic acids is 2. The summed E-state index contributed by atoms with van der Waals surface area (Å²) in [5, 5.41) is 0. The van der Waals surface area contributed by atoms with Gasteiger partial charge in [0.1, 0.15) is 0 Å². The predicted molar refractivity (Wildman–Crippen MR) is 94.9 cm³/mol. The van der Waals surface area contributed by atoms with Gasteiger partial charge in [0.05, 0.1) is 13.2 Å². The minimum absolute atomic E-state index is 0.316. The summed E-state index contributed by atoms with van der Waals surface area (Å²) in [5.41, 5.74) is -1.95. The van der Waals surface area contributed by atoms with Crippen LogP contribution in [0, 0.1) is 6.42 Å². The number of carbonyl (C=O) groups is 2. The van der Waals surface area contributed by atoms with E-state index in [1.165, 1.54) is 0 Å². The Morgan fingerprint density at radius 1 is 0.920 bits per heavy atom. The van der Waals surface area contributed by atoms with Crippen LogP contribution in [0.15, 0.2) is 0 Å². The fourth-order valence-electron chi connectivity index (χ4n) is 3.61. The summed E-state index contributed by atoms with van der Waals surface area (Å²) in [4.78, 5) is 24.7. The van der Waals surface area contributed by atoms with Crippen molar-refractivity contribution in [2.24, 2.45) is 0 Å². The van der Waals surface area contributed by atoms with Gasteiger partial charge in [-0.15, -0.1) is 0 Å². The Morgan fingerprint density at radius 2 is 1.48 bits per heavy atom. The lowest BCUT2D eigenvalue weighted by molar-refractivity contribution is -0.278. The number of hydrogen-bond donors (Lipinski definition) is 0. The van der Waals surface area contributed by atoms with Crippen LogP contribution in [-0.2, 0) is 23.8 Å². The maximum atomic E-state index is 12.4. The van der Waals surface area contributed by atoms with Gasteiger partial charge in [-0.25, -0.2) is 9.59 Å². The monoisotopic (exact) mass is 353 g/mol. The lowest BCUT2D eigenvalue weighted by Gasteiger charge is -2.56. The van der Waals surface area contributed by atoms with E-state index < -0.39 is 11.2 Å². The zero-order valence-corrected chi connectivity index (χ0v) is 15.8. The maximum absolute atomic E-state index is 12.4. The second-order valence-corrected chi connectivity index (χ2v) is 7.30. The maximum Gasteiger partial charge on any atom is 0.338 e. The number of rotatable bonds is 12. The number of fused-ring (bicyclic) bond motifs is 2. The van der Waals surface area contributed by atoms with Gasteiger partial charge < -0.3 is 14.2 Å². The molecule has 2 saturated heterocycles. The fourth-order valence-corrected chi connectivity index (χ4v) is 3.61. The third kappa shape index (κ3) is 4.96. The molecule has 1 saturated carbocycles. The summed E-state index contributed by atoms with van der Waals surface area (Å²) < 4.78 is 16.6. The van der Waals surface area contributed by atoms with Gasteiger partial charge in [0, 0.05) is 12.8 Å². The van der Waals surface area contributed by atoms with E-state index in [4.69, 9.17) is 14.2 Å². The van der Waals surface area contributed by atoms with E-state index in [1.54, 1.807) is 0 Å². The SMILES string of the molecule is CCCCCCOC(=O)C12[CH]CCC(C(=O)OCCCCCC)(C1)O2. The van der Waals surface area contributed by atoms with Crippen molar-refractivity contribution >= 4 is 11.9 Å². The van der Waals surface area contributed by atoms with Crippen molar-refractivity contribution in [2.75, 3.05) is 13.2 Å². The standard InChI is InChI=1S/C20H33O5/c1-3-5-7-9-14-23-17(21)19-12-11-13-20(16-19,25-19)18(22)24-15-10-8-6-4-2/h12H,3-11,13-16H2,1-2H3. The average Bonchev–Trinajstić information content (AvgIpc) is 2.60. The first-order valence-electron chi connectivity index (χ1n) is 9.97. The summed E-state index contributed by atoms with van der Waals surface area (Å²) >= 11 is 0. The van der Waals surface area contributed by atoms with Gasteiger partial charge in [0.2, 0.25) is 0 Å². The van der Waals surface area contributed by atoms with Gasteiger partial charge in [-0.2, -0.15) is 0 Å². The second-order valence-electron chi connectivity index (χ2n) is 7.30. The van der Waals surface area contributed by atoms with Crippen molar-refractivity contribution in [1.29, 1.82) is 0 Å². The quantitative estimate of drug-likeness (QED) is 0.390. The Kier molecular flexibility index (Phi) is 7.73. The first-order valence-corrected chi connectivity index (χ1v) is 9.97. The molecule has 2 aliphatic heterocycles. The van der Waals surface area contributed by atoms with E-state index in [0.717, 1.165) is 51.4 Å². The van der Waals surface area contributed by atoms with Gasteiger partial charge in [-0.1, -0.05) is 52.4 Å². The van der Waals surface area contributed by atoms with E-state index in [2.05, 4.69) is 13.8 Å². The van der Waals surface area contributed by atoms with Crippen molar-refractivity contribution in [3.8, 4) is 0 Å². The van der Waals surface area contributed by atoms with Gasteiger partial charge in [-0.3, -0.25) is 0 Å². The Hall–Kier alpha value is -1.10. The van der Waals surface area contributed by atoms with Crippen LogP contribution in [0.3, 0.4) is 0 Å². The van der Waals surface area contributed by atoms with Gasteiger partial charge in [0.15, 0.2) is 11.2 Å². The molecule has 0 amide bonds. The second kappa shape index (κ2) is 9.56. The number of unbranched alkanes of at least 4 members (excludes halogenated alkanes) is 6. The van der Waals surface area contributed by atoms with Crippen LogP contribution in [0.5, 0.6) is 0 Å². The smallest absolute Gasteiger partial charge is 0.338 e. The molecule has 2 bridgehead atoms. The van der Waals surface area contributed by atoms with Crippen molar-refractivity contribution in [3.63, 3.8) is 0 Å². The molecule has 2 unspecified atom stereocenters. The summed E-state index contributed by atoms with van der Waals surface area (Å²) in [7, 11) is 0. The molecule has 0 aromatic carbocycles. The Labute approximate surface area is 151 Å². The summed E-state index contributed by atoms with van der Waals surface area (Å²) in [5.74, 6) is -0.668. The van der Waals surface area contributed by atoms with Gasteiger partial charge in [-0.05, 0) is 25.7 Å². The van der Waals surface area contributed by atoms with Gasteiger partial charge >= 0.3 is 11.9 Å². The molecule has 25 heavy (non-hydrogen) atoms. The Bertz CT molecular complexity index is 401. The number of ether oxygens (including phenoxy) is 3. The summed E-state index contributed by atoms with van der Waals surface area (Å²) in [6.45, 7) is 5.15. The molecule has 143 valence electrons. The largest absolute Gasteiger partial charge is 0.464 e. The molecule has 1 radical (unpaired) electrons. The average molecular weight is 353 g/mol. The molecule has 0 aromatic rings. The molecule has 0 N–H and O–H groups in total. The molecule has 3 rings (SSSR count). The first-order chi connectivity index (χ1) is 12.1. The highest BCUT2D eigenvalue weighted by Gasteiger charge is 2.68. The van der Waals surface area contributed by atoms with E-state index in [1.807, 2.05) is 6.42 Å². The lowest BCUT2D eigenvalue weighted by Crippen LogP contribution is -2.70. The first kappa shape index (κ1) is 20.2. The molecule has 3 aliphatic rings. The van der Waals surface area contributed by atoms with E-state index in [9.17, 15) is 9.59 Å². The van der Waals surface area contributed by atoms with Crippen LogP contribution < -0.4 is 0 Å². The molecule has 2 heterocycles. The van der Waals surface area contributed by atoms with Crippen molar-refractivity contribution < 1.29 is 23.8 Å². The summed E-state index contributed by atoms with van der Waals surface area (Å²) in [6, 6.07) is 0. The van der Waals surface area contributed by atoms with Crippen LogP contribution >= 0.6 is 0 Å². The molecule has 0 spiro atoms. The third-order valence-corrected chi connectivity index (χ3v) is 5.13. The molecule has 1 aliphatic carbocycles. The summed E-state index contributed by atoms with van der Waals surface area (Å²) in [6.07, 6.45) is 12.0. The van der Waals surface area contributed by atoms with Crippen LogP contribution in [0.2, 0.25) is 0 Å². The highest BCUT2D eigenvalue weighted by Crippen LogP contribution is 2.53. The molecule has 3 fully saturated rings. The highest BCUT2D eigenvalue weighted by molar-refractivity contribution is 5.90.